The summed E-state index contributed by atoms with van der Waals surface area (Å²) < 4.78 is 63.5. The van der Waals surface area contributed by atoms with Crippen LogP contribution in [-0.2, 0) is 14.6 Å². The van der Waals surface area contributed by atoms with Crippen molar-refractivity contribution in [2.75, 3.05) is 20.0 Å². The first-order chi connectivity index (χ1) is 15.6. The molecule has 0 saturated heterocycles. The fourth-order valence-electron chi connectivity index (χ4n) is 4.50. The number of Topliss-reactive ketones (excluding diaryl/α,β-unsaturated/α-hetero) is 1. The molecule has 0 unspecified atom stereocenters. The molecule has 3 rings (SSSR count). The van der Waals surface area contributed by atoms with E-state index in [2.05, 4.69) is 0 Å². The van der Waals surface area contributed by atoms with Gasteiger partial charge in [0.1, 0.15) is 22.3 Å². The molecule has 0 aromatic heterocycles. The van der Waals surface area contributed by atoms with Gasteiger partial charge in [0.25, 0.3) is 0 Å². The van der Waals surface area contributed by atoms with Gasteiger partial charge in [0.2, 0.25) is 0 Å². The number of ketones is 1. The van der Waals surface area contributed by atoms with Crippen molar-refractivity contribution >= 4 is 15.6 Å². The zero-order valence-electron chi connectivity index (χ0n) is 19.1. The maximum Gasteiger partial charge on any atom is 0.181 e. The minimum Gasteiger partial charge on any atom is -0.493 e. The van der Waals surface area contributed by atoms with E-state index in [0.29, 0.717) is 32.1 Å². The second-order valence-electron chi connectivity index (χ2n) is 8.76. The first-order valence-corrected chi connectivity index (χ1v) is 12.7. The van der Waals surface area contributed by atoms with E-state index in [4.69, 9.17) is 9.47 Å². The molecule has 33 heavy (non-hydrogen) atoms. The van der Waals surface area contributed by atoms with E-state index in [1.165, 1.54) is 26.4 Å². The van der Waals surface area contributed by atoms with Crippen LogP contribution in [-0.4, -0.2) is 34.2 Å². The van der Waals surface area contributed by atoms with Crippen molar-refractivity contribution in [3.8, 4) is 11.5 Å². The highest BCUT2D eigenvalue weighted by Crippen LogP contribution is 2.36. The van der Waals surface area contributed by atoms with E-state index in [0.717, 1.165) is 17.7 Å². The number of carbonyl (C=O) groups is 1. The zero-order chi connectivity index (χ0) is 24.2. The van der Waals surface area contributed by atoms with Crippen molar-refractivity contribution < 1.29 is 31.5 Å². The third kappa shape index (κ3) is 6.10. The second-order valence-corrected chi connectivity index (χ2v) is 10.8. The summed E-state index contributed by atoms with van der Waals surface area (Å²) in [5.41, 5.74) is 0.918. The summed E-state index contributed by atoms with van der Waals surface area (Å²) in [6.45, 7) is 1.95. The minimum absolute atomic E-state index is 0.00997. The molecule has 8 heteroatoms. The summed E-state index contributed by atoms with van der Waals surface area (Å²) in [5, 5.41) is 0. The van der Waals surface area contributed by atoms with Gasteiger partial charge in [-0.15, -0.1) is 0 Å². The van der Waals surface area contributed by atoms with Crippen molar-refractivity contribution in [2.24, 2.45) is 11.8 Å². The number of halogens is 2. The van der Waals surface area contributed by atoms with Crippen LogP contribution < -0.4 is 9.47 Å². The molecular formula is C25H30F2O5S. The van der Waals surface area contributed by atoms with Gasteiger partial charge in [0.05, 0.1) is 20.0 Å². The number of benzene rings is 2. The van der Waals surface area contributed by atoms with Gasteiger partial charge in [-0.25, -0.2) is 17.2 Å². The molecule has 1 aliphatic rings. The zero-order valence-corrected chi connectivity index (χ0v) is 20.0. The molecule has 2 aromatic carbocycles. The molecule has 1 atom stereocenters. The third-order valence-corrected chi connectivity index (χ3v) is 8.37. The summed E-state index contributed by atoms with van der Waals surface area (Å²) in [5.74, 6) is -1.17. The average molecular weight is 481 g/mol. The summed E-state index contributed by atoms with van der Waals surface area (Å²) >= 11 is 0. The van der Waals surface area contributed by atoms with Gasteiger partial charge in [-0.3, -0.25) is 4.79 Å². The number of rotatable bonds is 9. The highest BCUT2D eigenvalue weighted by Gasteiger charge is 2.32. The molecule has 0 bridgehead atoms. The molecule has 0 spiro atoms. The fraction of sp³-hybridized carbons (Fsp3) is 0.480. The van der Waals surface area contributed by atoms with Crippen LogP contribution >= 0.6 is 0 Å². The highest BCUT2D eigenvalue weighted by molar-refractivity contribution is 7.91. The van der Waals surface area contributed by atoms with Gasteiger partial charge in [0, 0.05) is 24.5 Å². The Morgan fingerprint density at radius 2 is 1.58 bits per heavy atom. The van der Waals surface area contributed by atoms with Crippen LogP contribution in [0, 0.1) is 23.5 Å². The molecule has 0 heterocycles. The van der Waals surface area contributed by atoms with Crippen LogP contribution in [0.25, 0.3) is 0 Å². The van der Waals surface area contributed by atoms with Crippen LogP contribution in [0.5, 0.6) is 11.5 Å². The largest absolute Gasteiger partial charge is 0.493 e. The third-order valence-electron chi connectivity index (χ3n) is 6.48. The number of hydrogen-bond donors (Lipinski definition) is 0. The number of hydrogen-bond acceptors (Lipinski definition) is 5. The summed E-state index contributed by atoms with van der Waals surface area (Å²) in [7, 11) is -1.16. The lowest BCUT2D eigenvalue weighted by molar-refractivity contribution is -0.124. The second kappa shape index (κ2) is 10.6. The highest BCUT2D eigenvalue weighted by atomic mass is 32.2. The van der Waals surface area contributed by atoms with E-state index in [9.17, 15) is 22.0 Å². The Morgan fingerprint density at radius 1 is 1.00 bits per heavy atom. The average Bonchev–Trinajstić information content (AvgIpc) is 2.79. The lowest BCUT2D eigenvalue weighted by Gasteiger charge is -2.28. The van der Waals surface area contributed by atoms with Crippen molar-refractivity contribution in [3.05, 3.63) is 53.6 Å². The van der Waals surface area contributed by atoms with Gasteiger partial charge in [-0.05, 0) is 55.2 Å². The monoisotopic (exact) mass is 480 g/mol. The molecule has 1 fully saturated rings. The SMILES string of the molecule is COc1cc(F)c(S(=O)(=O)CC2CCC(C(=O)C[C@H](C)c3ccc(F)cc3)CC2)cc1OC. The number of sulfone groups is 1. The number of ether oxygens (including phenoxy) is 2. The van der Waals surface area contributed by atoms with Crippen molar-refractivity contribution in [1.82, 2.24) is 0 Å². The van der Waals surface area contributed by atoms with Gasteiger partial charge in [0.15, 0.2) is 21.3 Å². The smallest absolute Gasteiger partial charge is 0.181 e. The van der Waals surface area contributed by atoms with Crippen molar-refractivity contribution in [1.29, 1.82) is 0 Å². The summed E-state index contributed by atoms with van der Waals surface area (Å²) in [4.78, 5) is 12.4. The van der Waals surface area contributed by atoms with Crippen LogP contribution in [0.3, 0.4) is 0 Å². The molecule has 1 aliphatic carbocycles. The number of carbonyl (C=O) groups excluding carboxylic acids is 1. The Bertz CT molecular complexity index is 1070. The molecule has 0 radical (unpaired) electrons. The van der Waals surface area contributed by atoms with E-state index < -0.39 is 20.5 Å². The Labute approximate surface area is 194 Å². The Kier molecular flexibility index (Phi) is 8.10. The molecule has 1 saturated carbocycles. The molecule has 0 aliphatic heterocycles. The van der Waals surface area contributed by atoms with Crippen molar-refractivity contribution in [3.63, 3.8) is 0 Å². The summed E-state index contributed by atoms with van der Waals surface area (Å²) in [6.07, 6.45) is 2.79. The number of methoxy groups -OCH3 is 2. The standard InChI is InChI=1S/C25H30F2O5S/c1-16(18-8-10-20(26)11-9-18)12-22(28)19-6-4-17(5-7-19)15-33(29,30)25-14-24(32-3)23(31-2)13-21(25)27/h8-11,13-14,16-17,19H,4-7,12,15H2,1-3H3/t16-,17?,19?/m0/s1. The van der Waals surface area contributed by atoms with E-state index in [1.54, 1.807) is 12.1 Å². The molecule has 2 aromatic rings. The lowest BCUT2D eigenvalue weighted by atomic mass is 9.78. The molecular weight excluding hydrogens is 450 g/mol. The maximum atomic E-state index is 14.5. The normalized spacial score (nSPS) is 19.7. The Morgan fingerprint density at radius 3 is 2.15 bits per heavy atom. The minimum atomic E-state index is -3.87. The first kappa shape index (κ1) is 25.1. The van der Waals surface area contributed by atoms with Gasteiger partial charge in [-0.2, -0.15) is 0 Å². The van der Waals surface area contributed by atoms with Crippen LogP contribution in [0.2, 0.25) is 0 Å². The lowest BCUT2D eigenvalue weighted by Crippen LogP contribution is -2.27. The first-order valence-electron chi connectivity index (χ1n) is 11.1. The topological polar surface area (TPSA) is 69.7 Å². The predicted octanol–water partition coefficient (Wildman–Crippen LogP) is 5.33. The fourth-order valence-corrected chi connectivity index (χ4v) is 6.28. The molecule has 180 valence electrons. The van der Waals surface area contributed by atoms with E-state index in [-0.39, 0.29) is 46.6 Å². The molecule has 0 N–H and O–H groups in total. The molecule has 0 amide bonds. The van der Waals surface area contributed by atoms with Crippen LogP contribution in [0.4, 0.5) is 8.78 Å². The maximum absolute atomic E-state index is 14.5. The van der Waals surface area contributed by atoms with Gasteiger partial charge >= 0.3 is 0 Å². The van der Waals surface area contributed by atoms with Gasteiger partial charge in [-0.1, -0.05) is 19.1 Å². The quantitative estimate of drug-likeness (QED) is 0.486. The predicted molar refractivity (Wildman–Crippen MR) is 121 cm³/mol. The van der Waals surface area contributed by atoms with Crippen molar-refractivity contribution in [2.45, 2.75) is 49.8 Å². The molecule has 5 nitrogen and oxygen atoms in total. The Hall–Kier alpha value is -2.48. The summed E-state index contributed by atoms with van der Waals surface area (Å²) in [6, 6.07) is 8.36. The van der Waals surface area contributed by atoms with E-state index in [1.807, 2.05) is 6.92 Å². The Balaban J connectivity index is 1.58. The van der Waals surface area contributed by atoms with Gasteiger partial charge < -0.3 is 9.47 Å². The van der Waals surface area contributed by atoms with Crippen LogP contribution in [0.1, 0.15) is 50.5 Å². The van der Waals surface area contributed by atoms with E-state index >= 15 is 0 Å². The van der Waals surface area contributed by atoms with Crippen LogP contribution in [0.15, 0.2) is 41.3 Å².